The number of nitrogens with one attached hydrogen (secondary N) is 3. The first kappa shape index (κ1) is 22.8. The van der Waals surface area contributed by atoms with Crippen LogP contribution in [-0.4, -0.2) is 38.2 Å². The number of halogens is 1. The molecule has 1 aliphatic rings. The van der Waals surface area contributed by atoms with Gasteiger partial charge in [-0.1, -0.05) is 24.3 Å². The first-order valence-electron chi connectivity index (χ1n) is 9.73. The van der Waals surface area contributed by atoms with Crippen molar-refractivity contribution in [2.45, 2.75) is 4.21 Å². The number of Topliss-reactive ketones (excluding diaryl/α,β-unsaturated/α-hetero) is 2. The molecule has 0 saturated carbocycles. The molecule has 2 aromatic carbocycles. The SMILES string of the molecule is O=C(C(C(=O)c1ccc(S(=O)(=O)NCCO)s1)=C1Nc2ccccc2N1)c1cccc(F)c1. The lowest BCUT2D eigenvalue weighted by Gasteiger charge is -2.10. The van der Waals surface area contributed by atoms with E-state index in [0.717, 1.165) is 6.07 Å². The summed E-state index contributed by atoms with van der Waals surface area (Å²) in [6.07, 6.45) is 0. The Morgan fingerprint density at radius 1 is 0.970 bits per heavy atom. The molecule has 170 valence electrons. The van der Waals surface area contributed by atoms with Gasteiger partial charge in [0.15, 0.2) is 0 Å². The minimum absolute atomic E-state index is 0.00572. The van der Waals surface area contributed by atoms with Crippen LogP contribution in [0.4, 0.5) is 15.8 Å². The fourth-order valence-electron chi connectivity index (χ4n) is 3.19. The summed E-state index contributed by atoms with van der Waals surface area (Å²) in [5.74, 6) is -1.96. The van der Waals surface area contributed by atoms with E-state index in [9.17, 15) is 22.4 Å². The van der Waals surface area contributed by atoms with Crippen LogP contribution in [0.1, 0.15) is 20.0 Å². The molecule has 0 unspecified atom stereocenters. The van der Waals surface area contributed by atoms with Gasteiger partial charge in [-0.15, -0.1) is 11.3 Å². The number of ketones is 2. The largest absolute Gasteiger partial charge is 0.395 e. The van der Waals surface area contributed by atoms with Crippen molar-refractivity contribution in [2.75, 3.05) is 23.8 Å². The fraction of sp³-hybridized carbons (Fsp3) is 0.0909. The van der Waals surface area contributed by atoms with Crippen LogP contribution in [0, 0.1) is 5.82 Å². The number of thiophene rings is 1. The predicted molar refractivity (Wildman–Crippen MR) is 122 cm³/mol. The molecule has 2 heterocycles. The highest BCUT2D eigenvalue weighted by atomic mass is 32.2. The van der Waals surface area contributed by atoms with Crippen LogP contribution in [0.5, 0.6) is 0 Å². The molecule has 0 radical (unpaired) electrons. The number of carbonyl (C=O) groups is 2. The number of fused-ring (bicyclic) bond motifs is 1. The molecule has 8 nitrogen and oxygen atoms in total. The van der Waals surface area contributed by atoms with Gasteiger partial charge in [0.1, 0.15) is 21.4 Å². The fourth-order valence-corrected chi connectivity index (χ4v) is 5.51. The Labute approximate surface area is 192 Å². The molecule has 0 saturated heterocycles. The highest BCUT2D eigenvalue weighted by molar-refractivity contribution is 7.91. The van der Waals surface area contributed by atoms with Crippen LogP contribution in [0.2, 0.25) is 0 Å². The summed E-state index contributed by atoms with van der Waals surface area (Å²) >= 11 is 0.687. The number of sulfonamides is 1. The molecule has 0 amide bonds. The smallest absolute Gasteiger partial charge is 0.250 e. The lowest BCUT2D eigenvalue weighted by atomic mass is 9.98. The molecule has 1 aromatic heterocycles. The van der Waals surface area contributed by atoms with Crippen molar-refractivity contribution >= 4 is 44.3 Å². The molecule has 4 N–H and O–H groups in total. The van der Waals surface area contributed by atoms with Crippen molar-refractivity contribution in [1.29, 1.82) is 0 Å². The monoisotopic (exact) mass is 487 g/mol. The van der Waals surface area contributed by atoms with Gasteiger partial charge in [0.05, 0.1) is 22.9 Å². The van der Waals surface area contributed by atoms with Gasteiger partial charge in [0, 0.05) is 12.1 Å². The van der Waals surface area contributed by atoms with Gasteiger partial charge in [0.25, 0.3) is 0 Å². The van der Waals surface area contributed by atoms with E-state index in [1.807, 2.05) is 0 Å². The molecule has 1 aliphatic heterocycles. The standard InChI is InChI=1S/C22H18FN3O5S2/c23-14-5-3-4-13(12-14)20(28)19(22-25-15-6-1-2-7-16(15)26-22)21(29)17-8-9-18(32-17)33(30,31)24-10-11-27/h1-9,12,24-27H,10-11H2. The third-order valence-electron chi connectivity index (χ3n) is 4.71. The number of aliphatic hydroxyl groups is 1. The number of anilines is 2. The summed E-state index contributed by atoms with van der Waals surface area (Å²) in [4.78, 5) is 26.8. The van der Waals surface area contributed by atoms with E-state index in [2.05, 4.69) is 15.4 Å². The first-order chi connectivity index (χ1) is 15.8. The van der Waals surface area contributed by atoms with Crippen LogP contribution < -0.4 is 15.4 Å². The minimum Gasteiger partial charge on any atom is -0.395 e. The average Bonchev–Trinajstić information content (AvgIpc) is 3.45. The summed E-state index contributed by atoms with van der Waals surface area (Å²) in [7, 11) is -3.93. The molecular formula is C22H18FN3O5S2. The quantitative estimate of drug-likeness (QED) is 0.167. The Kier molecular flexibility index (Phi) is 6.38. The Morgan fingerprint density at radius 2 is 1.67 bits per heavy atom. The molecular weight excluding hydrogens is 469 g/mol. The maximum Gasteiger partial charge on any atom is 0.250 e. The number of hydrogen-bond donors (Lipinski definition) is 4. The zero-order valence-corrected chi connectivity index (χ0v) is 18.6. The summed E-state index contributed by atoms with van der Waals surface area (Å²) in [5.41, 5.74) is 0.977. The Balaban J connectivity index is 1.76. The maximum absolute atomic E-state index is 13.8. The van der Waals surface area contributed by atoms with Crippen LogP contribution >= 0.6 is 11.3 Å². The summed E-state index contributed by atoms with van der Waals surface area (Å²) in [6, 6.07) is 14.6. The third-order valence-corrected chi connectivity index (χ3v) is 7.75. The van der Waals surface area contributed by atoms with Crippen molar-refractivity contribution in [2.24, 2.45) is 0 Å². The number of para-hydroxylation sites is 2. The Bertz CT molecular complexity index is 1350. The highest BCUT2D eigenvalue weighted by Crippen LogP contribution is 2.33. The lowest BCUT2D eigenvalue weighted by Crippen LogP contribution is -2.25. The van der Waals surface area contributed by atoms with Gasteiger partial charge in [-0.2, -0.15) is 0 Å². The van der Waals surface area contributed by atoms with Crippen molar-refractivity contribution in [3.8, 4) is 0 Å². The number of benzene rings is 2. The first-order valence-corrected chi connectivity index (χ1v) is 12.0. The second-order valence-corrected chi connectivity index (χ2v) is 10.0. The highest BCUT2D eigenvalue weighted by Gasteiger charge is 2.31. The normalized spacial score (nSPS) is 12.6. The molecule has 0 fully saturated rings. The van der Waals surface area contributed by atoms with Crippen LogP contribution in [0.15, 0.2) is 76.3 Å². The molecule has 0 aliphatic carbocycles. The molecule has 33 heavy (non-hydrogen) atoms. The van der Waals surface area contributed by atoms with Crippen molar-refractivity contribution < 1.29 is 27.5 Å². The molecule has 3 aromatic rings. The zero-order valence-electron chi connectivity index (χ0n) is 17.0. The third kappa shape index (κ3) is 4.71. The summed E-state index contributed by atoms with van der Waals surface area (Å²) in [6.45, 7) is -0.560. The number of hydrogen-bond acceptors (Lipinski definition) is 8. The molecule has 0 bridgehead atoms. The van der Waals surface area contributed by atoms with Crippen molar-refractivity contribution in [3.05, 3.63) is 88.3 Å². The van der Waals surface area contributed by atoms with Gasteiger partial charge in [-0.05, 0) is 36.4 Å². The maximum atomic E-state index is 13.8. The second kappa shape index (κ2) is 9.24. The van der Waals surface area contributed by atoms with E-state index in [0.29, 0.717) is 22.7 Å². The molecule has 11 heteroatoms. The van der Waals surface area contributed by atoms with E-state index in [1.54, 1.807) is 24.3 Å². The average molecular weight is 488 g/mol. The number of allylic oxidation sites excluding steroid dienone is 1. The molecule has 4 rings (SSSR count). The van der Waals surface area contributed by atoms with Crippen molar-refractivity contribution in [1.82, 2.24) is 4.72 Å². The summed E-state index contributed by atoms with van der Waals surface area (Å²) < 4.78 is 40.5. The van der Waals surface area contributed by atoms with E-state index in [-0.39, 0.29) is 39.2 Å². The van der Waals surface area contributed by atoms with Gasteiger partial charge in [-0.3, -0.25) is 9.59 Å². The van der Waals surface area contributed by atoms with Gasteiger partial charge in [0.2, 0.25) is 21.6 Å². The van der Waals surface area contributed by atoms with Crippen LogP contribution in [0.25, 0.3) is 0 Å². The second-order valence-electron chi connectivity index (χ2n) is 6.95. The Morgan fingerprint density at radius 3 is 2.30 bits per heavy atom. The van der Waals surface area contributed by atoms with Gasteiger partial charge < -0.3 is 15.7 Å². The van der Waals surface area contributed by atoms with Crippen LogP contribution in [-0.2, 0) is 10.0 Å². The topological polar surface area (TPSA) is 125 Å². The van der Waals surface area contributed by atoms with Gasteiger partial charge in [-0.25, -0.2) is 17.5 Å². The van der Waals surface area contributed by atoms with E-state index < -0.39 is 27.4 Å². The van der Waals surface area contributed by atoms with Gasteiger partial charge >= 0.3 is 0 Å². The van der Waals surface area contributed by atoms with E-state index in [4.69, 9.17) is 5.11 Å². The number of rotatable bonds is 8. The summed E-state index contributed by atoms with van der Waals surface area (Å²) in [5, 5.41) is 14.9. The number of aliphatic hydroxyl groups excluding tert-OH is 1. The van der Waals surface area contributed by atoms with Crippen LogP contribution in [0.3, 0.4) is 0 Å². The Hall–Kier alpha value is -3.38. The number of carbonyl (C=O) groups excluding carboxylic acids is 2. The van der Waals surface area contributed by atoms with E-state index >= 15 is 0 Å². The minimum atomic E-state index is -3.93. The van der Waals surface area contributed by atoms with E-state index in [1.165, 1.54) is 30.3 Å². The predicted octanol–water partition coefficient (Wildman–Crippen LogP) is 2.97. The van der Waals surface area contributed by atoms with Crippen molar-refractivity contribution in [3.63, 3.8) is 0 Å². The zero-order chi connectivity index (χ0) is 23.6. The molecule has 0 spiro atoms. The molecule has 0 atom stereocenters. The lowest BCUT2D eigenvalue weighted by molar-refractivity contribution is 0.0963.